The molecule has 1 fully saturated rings. The Morgan fingerprint density at radius 3 is 3.14 bits per heavy atom. The van der Waals surface area contributed by atoms with Crippen molar-refractivity contribution in [1.82, 2.24) is 15.1 Å². The predicted octanol–water partition coefficient (Wildman–Crippen LogP) is 2.65. The van der Waals surface area contributed by atoms with Gasteiger partial charge in [-0.3, -0.25) is 9.48 Å². The largest absolute Gasteiger partial charge is 0.326 e. The van der Waals surface area contributed by atoms with Crippen LogP contribution in [0.15, 0.2) is 24.4 Å². The van der Waals surface area contributed by atoms with Gasteiger partial charge in [0.25, 0.3) is 0 Å². The number of thioether (sulfide) groups is 1. The Balaban J connectivity index is 1.70. The van der Waals surface area contributed by atoms with Crippen molar-refractivity contribution in [3.63, 3.8) is 0 Å². The molecule has 6 heteroatoms. The first-order valence-electron chi connectivity index (χ1n) is 7.72. The molecule has 0 spiro atoms. The third-order valence-electron chi connectivity index (χ3n) is 3.80. The maximum atomic E-state index is 12.2. The first-order chi connectivity index (χ1) is 10.6. The Bertz CT molecular complexity index is 661. The molecule has 22 heavy (non-hydrogen) atoms. The monoisotopic (exact) mass is 318 g/mol. The first kappa shape index (κ1) is 15.4. The van der Waals surface area contributed by atoms with Gasteiger partial charge in [-0.25, -0.2) is 0 Å². The van der Waals surface area contributed by atoms with Gasteiger partial charge in [-0.1, -0.05) is 0 Å². The van der Waals surface area contributed by atoms with E-state index in [0.29, 0.717) is 12.5 Å². The van der Waals surface area contributed by atoms with E-state index < -0.39 is 0 Å². The molecular weight excluding hydrogens is 296 g/mol. The van der Waals surface area contributed by atoms with Crippen LogP contribution < -0.4 is 10.6 Å². The maximum Gasteiger partial charge on any atom is 0.225 e. The molecule has 1 atom stereocenters. The number of hydrogen-bond donors (Lipinski definition) is 2. The molecule has 1 unspecified atom stereocenters. The normalized spacial score (nSPS) is 18.8. The molecule has 0 bridgehead atoms. The number of fused-ring (bicyclic) bond motifs is 1. The number of nitrogens with one attached hydrogen (secondary N) is 2. The van der Waals surface area contributed by atoms with Crippen LogP contribution in [0.5, 0.6) is 0 Å². The lowest BCUT2D eigenvalue weighted by Crippen LogP contribution is -2.39. The molecule has 0 saturated carbocycles. The van der Waals surface area contributed by atoms with Gasteiger partial charge in [-0.2, -0.15) is 16.9 Å². The zero-order valence-electron chi connectivity index (χ0n) is 13.0. The number of carbonyl (C=O) groups is 1. The molecular formula is C16H22N4OS. The highest BCUT2D eigenvalue weighted by atomic mass is 32.2. The van der Waals surface area contributed by atoms with Gasteiger partial charge in [0, 0.05) is 47.6 Å². The van der Waals surface area contributed by atoms with E-state index >= 15 is 0 Å². The molecule has 1 aliphatic heterocycles. The second kappa shape index (κ2) is 6.71. The summed E-state index contributed by atoms with van der Waals surface area (Å²) >= 11 is 1.91. The Labute approximate surface area is 134 Å². The summed E-state index contributed by atoms with van der Waals surface area (Å²) in [6, 6.07) is 6.53. The second-order valence-electron chi connectivity index (χ2n) is 5.93. The molecule has 1 aromatic heterocycles. The topological polar surface area (TPSA) is 59.0 Å². The van der Waals surface area contributed by atoms with Crippen LogP contribution >= 0.6 is 11.8 Å². The van der Waals surface area contributed by atoms with Gasteiger partial charge >= 0.3 is 0 Å². The van der Waals surface area contributed by atoms with Crippen LogP contribution in [0.1, 0.15) is 26.3 Å². The van der Waals surface area contributed by atoms with Crippen molar-refractivity contribution in [1.29, 1.82) is 0 Å². The first-order valence-corrected chi connectivity index (χ1v) is 8.87. The summed E-state index contributed by atoms with van der Waals surface area (Å²) in [5, 5.41) is 11.9. The fraction of sp³-hybridized carbons (Fsp3) is 0.500. The molecule has 0 radical (unpaired) electrons. The Morgan fingerprint density at radius 2 is 2.41 bits per heavy atom. The summed E-state index contributed by atoms with van der Waals surface area (Å²) in [6.45, 7) is 5.19. The summed E-state index contributed by atoms with van der Waals surface area (Å²) in [6.07, 6.45) is 2.39. The van der Waals surface area contributed by atoms with Crippen LogP contribution in [0, 0.1) is 0 Å². The van der Waals surface area contributed by atoms with Crippen molar-refractivity contribution in [3.8, 4) is 0 Å². The summed E-state index contributed by atoms with van der Waals surface area (Å²) < 4.78 is 1.98. The number of benzene rings is 1. The van der Waals surface area contributed by atoms with Crippen molar-refractivity contribution in [3.05, 3.63) is 24.4 Å². The van der Waals surface area contributed by atoms with Crippen LogP contribution in [-0.4, -0.2) is 39.8 Å². The van der Waals surface area contributed by atoms with E-state index in [1.165, 1.54) is 0 Å². The van der Waals surface area contributed by atoms with Gasteiger partial charge in [-0.05, 0) is 32.0 Å². The van der Waals surface area contributed by atoms with Crippen LogP contribution in [0.3, 0.4) is 0 Å². The molecule has 2 aromatic rings. The Kier molecular flexibility index (Phi) is 4.69. The molecule has 5 nitrogen and oxygen atoms in total. The third-order valence-corrected chi connectivity index (χ3v) is 4.93. The number of anilines is 1. The second-order valence-corrected chi connectivity index (χ2v) is 7.08. The average molecular weight is 318 g/mol. The third kappa shape index (κ3) is 3.44. The van der Waals surface area contributed by atoms with Gasteiger partial charge in [0.15, 0.2) is 0 Å². The smallest absolute Gasteiger partial charge is 0.225 e. The van der Waals surface area contributed by atoms with E-state index in [1.54, 1.807) is 0 Å². The maximum absolute atomic E-state index is 12.2. The standard InChI is InChI=1S/C16H22N4OS/c1-11(2)20-15-7-13(4-3-12(15)9-18-20)19-16(21)8-14-10-22-6-5-17-14/h3-4,7,9,11,14,17H,5-6,8,10H2,1-2H3,(H,19,21). The summed E-state index contributed by atoms with van der Waals surface area (Å²) in [5.41, 5.74) is 1.89. The van der Waals surface area contributed by atoms with Crippen LogP contribution in [0.4, 0.5) is 5.69 Å². The lowest BCUT2D eigenvalue weighted by Gasteiger charge is -2.22. The minimum atomic E-state index is 0.0648. The molecule has 1 aromatic carbocycles. The molecule has 1 aliphatic rings. The number of rotatable bonds is 4. The minimum absolute atomic E-state index is 0.0648. The molecule has 1 amide bonds. The van der Waals surface area contributed by atoms with Gasteiger partial charge in [-0.15, -0.1) is 0 Å². The molecule has 0 aliphatic carbocycles. The van der Waals surface area contributed by atoms with E-state index in [9.17, 15) is 4.79 Å². The number of hydrogen-bond acceptors (Lipinski definition) is 4. The Hall–Kier alpha value is -1.53. The molecule has 118 valence electrons. The van der Waals surface area contributed by atoms with E-state index in [0.717, 1.165) is 34.6 Å². The van der Waals surface area contributed by atoms with E-state index in [2.05, 4.69) is 29.6 Å². The predicted molar refractivity (Wildman–Crippen MR) is 92.5 cm³/mol. The Morgan fingerprint density at radius 1 is 1.55 bits per heavy atom. The number of amides is 1. The van der Waals surface area contributed by atoms with Gasteiger partial charge in [0.2, 0.25) is 5.91 Å². The highest BCUT2D eigenvalue weighted by Gasteiger charge is 2.17. The van der Waals surface area contributed by atoms with Crippen molar-refractivity contribution in [2.75, 3.05) is 23.4 Å². The SMILES string of the molecule is CC(C)n1ncc2ccc(NC(=O)CC3CSCCN3)cc21. The number of aromatic nitrogens is 2. The van der Waals surface area contributed by atoms with Crippen molar-refractivity contribution in [2.45, 2.75) is 32.4 Å². The van der Waals surface area contributed by atoms with Crippen LogP contribution in [0.2, 0.25) is 0 Å². The minimum Gasteiger partial charge on any atom is -0.326 e. The molecule has 2 heterocycles. The highest BCUT2D eigenvalue weighted by Crippen LogP contribution is 2.22. The van der Waals surface area contributed by atoms with Gasteiger partial charge in [0.1, 0.15) is 0 Å². The summed E-state index contributed by atoms with van der Waals surface area (Å²) in [7, 11) is 0. The van der Waals surface area contributed by atoms with Gasteiger partial charge in [0.05, 0.1) is 11.7 Å². The zero-order chi connectivity index (χ0) is 15.5. The van der Waals surface area contributed by atoms with Crippen LogP contribution in [-0.2, 0) is 4.79 Å². The fourth-order valence-electron chi connectivity index (χ4n) is 2.71. The van der Waals surface area contributed by atoms with Crippen molar-refractivity contribution < 1.29 is 4.79 Å². The zero-order valence-corrected chi connectivity index (χ0v) is 13.8. The lowest BCUT2D eigenvalue weighted by atomic mass is 10.2. The molecule has 2 N–H and O–H groups in total. The number of nitrogens with zero attached hydrogens (tertiary/aromatic N) is 2. The fourth-order valence-corrected chi connectivity index (χ4v) is 3.66. The van der Waals surface area contributed by atoms with Crippen molar-refractivity contribution >= 4 is 34.3 Å². The summed E-state index contributed by atoms with van der Waals surface area (Å²) in [4.78, 5) is 12.2. The van der Waals surface area contributed by atoms with Crippen LogP contribution in [0.25, 0.3) is 10.9 Å². The lowest BCUT2D eigenvalue weighted by molar-refractivity contribution is -0.116. The van der Waals surface area contributed by atoms with Gasteiger partial charge < -0.3 is 10.6 Å². The van der Waals surface area contributed by atoms with Crippen molar-refractivity contribution in [2.24, 2.45) is 0 Å². The summed E-state index contributed by atoms with van der Waals surface area (Å²) in [5.74, 6) is 2.20. The average Bonchev–Trinajstić information content (AvgIpc) is 2.91. The van der Waals surface area contributed by atoms with E-state index in [-0.39, 0.29) is 11.9 Å². The van der Waals surface area contributed by atoms with E-state index in [1.807, 2.05) is 40.8 Å². The number of carbonyl (C=O) groups excluding carboxylic acids is 1. The molecule has 3 rings (SSSR count). The highest BCUT2D eigenvalue weighted by molar-refractivity contribution is 7.99. The van der Waals surface area contributed by atoms with E-state index in [4.69, 9.17) is 0 Å². The molecule has 1 saturated heterocycles. The quantitative estimate of drug-likeness (QED) is 0.910.